The number of nitrogens with zero attached hydrogens (tertiary/aromatic N) is 2. The van der Waals surface area contributed by atoms with E-state index in [-0.39, 0.29) is 5.91 Å². The number of carbonyl (C=O) groups excluding carboxylic acids is 1. The van der Waals surface area contributed by atoms with E-state index in [1.165, 1.54) is 0 Å². The fourth-order valence-corrected chi connectivity index (χ4v) is 1.48. The molecule has 1 aliphatic heterocycles. The molecule has 0 aromatic carbocycles. The van der Waals surface area contributed by atoms with Gasteiger partial charge in [-0.2, -0.15) is 5.26 Å². The third-order valence-electron chi connectivity index (χ3n) is 2.27. The monoisotopic (exact) mass is 182 g/mol. The summed E-state index contributed by atoms with van der Waals surface area (Å²) in [6, 6.07) is 1.90. The van der Waals surface area contributed by atoms with E-state index in [2.05, 4.69) is 0 Å². The Bertz CT molecular complexity index is 234. The van der Waals surface area contributed by atoms with Crippen LogP contribution in [0.25, 0.3) is 0 Å². The number of likely N-dealkylation sites (tertiary alicyclic amines) is 1. The summed E-state index contributed by atoms with van der Waals surface area (Å²) in [5.74, 6) is -0.758. The number of piperidine rings is 1. The second-order valence-corrected chi connectivity index (χ2v) is 3.43. The van der Waals surface area contributed by atoms with Gasteiger partial charge in [-0.05, 0) is 19.8 Å². The Morgan fingerprint density at radius 1 is 1.77 bits per heavy atom. The number of nitriles is 1. The highest BCUT2D eigenvalue weighted by Crippen LogP contribution is 2.12. The molecule has 2 unspecified atom stereocenters. The number of hydrogen-bond donors (Lipinski definition) is 1. The molecule has 1 aliphatic rings. The first-order valence-electron chi connectivity index (χ1n) is 4.51. The average Bonchev–Trinajstić information content (AvgIpc) is 2.15. The normalized spacial score (nSPS) is 25.0. The van der Waals surface area contributed by atoms with Crippen molar-refractivity contribution in [1.82, 2.24) is 4.90 Å². The fourth-order valence-electron chi connectivity index (χ4n) is 1.48. The largest absolute Gasteiger partial charge is 0.391 e. The smallest absolute Gasteiger partial charge is 0.239 e. The van der Waals surface area contributed by atoms with Gasteiger partial charge in [-0.25, -0.2) is 0 Å². The number of amides is 1. The summed E-state index contributed by atoms with van der Waals surface area (Å²) in [6.45, 7) is 2.64. The van der Waals surface area contributed by atoms with E-state index in [9.17, 15) is 9.90 Å². The van der Waals surface area contributed by atoms with Gasteiger partial charge in [0.05, 0.1) is 12.2 Å². The second kappa shape index (κ2) is 4.24. The Labute approximate surface area is 77.8 Å². The zero-order valence-electron chi connectivity index (χ0n) is 7.73. The van der Waals surface area contributed by atoms with E-state index in [4.69, 9.17) is 5.26 Å². The van der Waals surface area contributed by atoms with E-state index < -0.39 is 12.0 Å². The predicted molar refractivity (Wildman–Crippen MR) is 46.6 cm³/mol. The standard InChI is InChI=1S/C9H14N2O2/c1-7(5-10)9(13)11-4-2-3-8(12)6-11/h7-8,12H,2-4,6H2,1H3. The number of aliphatic hydroxyl groups excluding tert-OH is 1. The van der Waals surface area contributed by atoms with E-state index in [1.54, 1.807) is 11.8 Å². The number of rotatable bonds is 1. The Morgan fingerprint density at radius 3 is 3.00 bits per heavy atom. The van der Waals surface area contributed by atoms with Gasteiger partial charge in [0.15, 0.2) is 0 Å². The average molecular weight is 182 g/mol. The van der Waals surface area contributed by atoms with Crippen LogP contribution in [0.15, 0.2) is 0 Å². The van der Waals surface area contributed by atoms with E-state index >= 15 is 0 Å². The number of hydrogen-bond acceptors (Lipinski definition) is 3. The summed E-state index contributed by atoms with van der Waals surface area (Å²) in [6.07, 6.45) is 1.17. The molecule has 0 bridgehead atoms. The molecule has 0 radical (unpaired) electrons. The highest BCUT2D eigenvalue weighted by molar-refractivity contribution is 5.80. The quantitative estimate of drug-likeness (QED) is 0.627. The third-order valence-corrected chi connectivity index (χ3v) is 2.27. The molecule has 4 heteroatoms. The summed E-state index contributed by atoms with van der Waals surface area (Å²) in [5, 5.41) is 17.8. The first kappa shape index (κ1) is 10.0. The summed E-state index contributed by atoms with van der Waals surface area (Å²) < 4.78 is 0. The molecule has 2 atom stereocenters. The Balaban J connectivity index is 2.52. The molecule has 1 heterocycles. The van der Waals surface area contributed by atoms with Gasteiger partial charge < -0.3 is 10.0 Å². The molecule has 0 spiro atoms. The number of aliphatic hydroxyl groups is 1. The summed E-state index contributed by atoms with van der Waals surface area (Å²) >= 11 is 0. The van der Waals surface area contributed by atoms with Crippen molar-refractivity contribution in [3.63, 3.8) is 0 Å². The van der Waals surface area contributed by atoms with Gasteiger partial charge in [-0.3, -0.25) is 4.79 Å². The van der Waals surface area contributed by atoms with Crippen molar-refractivity contribution >= 4 is 5.91 Å². The number of carbonyl (C=O) groups is 1. The lowest BCUT2D eigenvalue weighted by molar-refractivity contribution is -0.136. The minimum Gasteiger partial charge on any atom is -0.391 e. The lowest BCUT2D eigenvalue weighted by Crippen LogP contribution is -2.44. The number of β-amino-alcohol motifs (C(OH)–C–C–N with tert-alkyl or cyclic N) is 1. The van der Waals surface area contributed by atoms with Crippen LogP contribution >= 0.6 is 0 Å². The van der Waals surface area contributed by atoms with Gasteiger partial charge in [0, 0.05) is 13.1 Å². The van der Waals surface area contributed by atoms with Crippen molar-refractivity contribution in [3.8, 4) is 6.07 Å². The maximum absolute atomic E-state index is 11.5. The molecule has 0 aliphatic carbocycles. The van der Waals surface area contributed by atoms with Crippen molar-refractivity contribution in [2.75, 3.05) is 13.1 Å². The molecule has 72 valence electrons. The lowest BCUT2D eigenvalue weighted by atomic mass is 10.1. The van der Waals surface area contributed by atoms with Crippen LogP contribution < -0.4 is 0 Å². The molecule has 0 aromatic heterocycles. The minimum atomic E-state index is -0.592. The molecule has 0 aromatic rings. The lowest BCUT2D eigenvalue weighted by Gasteiger charge is -2.30. The first-order valence-corrected chi connectivity index (χ1v) is 4.51. The van der Waals surface area contributed by atoms with Crippen molar-refractivity contribution in [3.05, 3.63) is 0 Å². The molecular formula is C9H14N2O2. The zero-order chi connectivity index (χ0) is 9.84. The molecule has 1 rings (SSSR count). The van der Waals surface area contributed by atoms with Crippen molar-refractivity contribution in [2.24, 2.45) is 5.92 Å². The summed E-state index contributed by atoms with van der Waals surface area (Å²) in [7, 11) is 0. The molecule has 13 heavy (non-hydrogen) atoms. The van der Waals surface area contributed by atoms with Gasteiger partial charge in [-0.1, -0.05) is 0 Å². The third kappa shape index (κ3) is 2.43. The SMILES string of the molecule is CC(C#N)C(=O)N1CCCC(O)C1. The molecule has 0 saturated carbocycles. The Kier molecular flexibility index (Phi) is 3.26. The van der Waals surface area contributed by atoms with Gasteiger partial charge >= 0.3 is 0 Å². The summed E-state index contributed by atoms with van der Waals surface area (Å²) in [5.41, 5.74) is 0. The van der Waals surface area contributed by atoms with Crippen LogP contribution in [0.5, 0.6) is 0 Å². The topological polar surface area (TPSA) is 64.3 Å². The van der Waals surface area contributed by atoms with E-state index in [1.807, 2.05) is 6.07 Å². The molecule has 1 amide bonds. The highest BCUT2D eigenvalue weighted by Gasteiger charge is 2.25. The van der Waals surface area contributed by atoms with Crippen LogP contribution in [0.4, 0.5) is 0 Å². The summed E-state index contributed by atoms with van der Waals surface area (Å²) in [4.78, 5) is 13.0. The van der Waals surface area contributed by atoms with Crippen LogP contribution in [-0.2, 0) is 4.79 Å². The highest BCUT2D eigenvalue weighted by atomic mass is 16.3. The van der Waals surface area contributed by atoms with Gasteiger partial charge in [0.25, 0.3) is 0 Å². The Hall–Kier alpha value is -1.08. The van der Waals surface area contributed by atoms with E-state index in [0.717, 1.165) is 12.8 Å². The van der Waals surface area contributed by atoms with Gasteiger partial charge in [-0.15, -0.1) is 0 Å². The molecule has 4 nitrogen and oxygen atoms in total. The maximum Gasteiger partial charge on any atom is 0.239 e. The molecule has 1 saturated heterocycles. The van der Waals surface area contributed by atoms with Crippen LogP contribution in [0, 0.1) is 17.2 Å². The predicted octanol–water partition coefficient (Wildman–Crippen LogP) is 0.129. The first-order chi connectivity index (χ1) is 6.15. The molecular weight excluding hydrogens is 168 g/mol. The van der Waals surface area contributed by atoms with E-state index in [0.29, 0.717) is 13.1 Å². The zero-order valence-corrected chi connectivity index (χ0v) is 7.73. The maximum atomic E-state index is 11.5. The van der Waals surface area contributed by atoms with Gasteiger partial charge in [0.2, 0.25) is 5.91 Å². The minimum absolute atomic E-state index is 0.166. The van der Waals surface area contributed by atoms with Crippen molar-refractivity contribution < 1.29 is 9.90 Å². The Morgan fingerprint density at radius 2 is 2.46 bits per heavy atom. The van der Waals surface area contributed by atoms with Crippen LogP contribution in [0.1, 0.15) is 19.8 Å². The van der Waals surface area contributed by atoms with Crippen molar-refractivity contribution in [2.45, 2.75) is 25.9 Å². The van der Waals surface area contributed by atoms with Crippen molar-refractivity contribution in [1.29, 1.82) is 5.26 Å². The molecule has 1 N–H and O–H groups in total. The van der Waals surface area contributed by atoms with Gasteiger partial charge in [0.1, 0.15) is 5.92 Å². The molecule has 1 fully saturated rings. The van der Waals surface area contributed by atoms with Crippen LogP contribution in [0.3, 0.4) is 0 Å². The van der Waals surface area contributed by atoms with Crippen LogP contribution in [0.2, 0.25) is 0 Å². The fraction of sp³-hybridized carbons (Fsp3) is 0.778. The second-order valence-electron chi connectivity index (χ2n) is 3.43. The van der Waals surface area contributed by atoms with Crippen LogP contribution in [-0.4, -0.2) is 35.1 Å².